The maximum Gasteiger partial charge on any atom is 0.275 e. The van der Waals surface area contributed by atoms with Crippen molar-refractivity contribution in [3.63, 3.8) is 0 Å². The molecule has 1 heterocycles. The number of carbonyl (C=O) groups is 1. The molecule has 6 heteroatoms. The van der Waals surface area contributed by atoms with Gasteiger partial charge in [0.1, 0.15) is 0 Å². The van der Waals surface area contributed by atoms with Crippen LogP contribution in [-0.2, 0) is 11.8 Å². The van der Waals surface area contributed by atoms with Crippen molar-refractivity contribution in [1.82, 2.24) is 15.2 Å². The van der Waals surface area contributed by atoms with Crippen LogP contribution in [0.3, 0.4) is 0 Å². The van der Waals surface area contributed by atoms with E-state index in [1.807, 2.05) is 0 Å². The van der Waals surface area contributed by atoms with Gasteiger partial charge in [0.2, 0.25) is 5.91 Å². The third kappa shape index (κ3) is 2.34. The molecule has 0 fully saturated rings. The van der Waals surface area contributed by atoms with Crippen LogP contribution in [0.25, 0.3) is 0 Å². The van der Waals surface area contributed by atoms with Crippen LogP contribution in [0.5, 0.6) is 0 Å². The van der Waals surface area contributed by atoms with Crippen molar-refractivity contribution in [1.29, 1.82) is 0 Å². The Morgan fingerprint density at radius 1 is 1.47 bits per heavy atom. The smallest absolute Gasteiger partial charge is 0.275 e. The summed E-state index contributed by atoms with van der Waals surface area (Å²) in [7, 11) is 1.63. The van der Waals surface area contributed by atoms with E-state index in [9.17, 15) is 9.59 Å². The second-order valence-electron chi connectivity index (χ2n) is 3.34. The van der Waals surface area contributed by atoms with Crippen LogP contribution < -0.4 is 11.0 Å². The van der Waals surface area contributed by atoms with Gasteiger partial charge in [0, 0.05) is 19.7 Å². The number of nitrogens with one attached hydrogen (secondary N) is 2. The van der Waals surface area contributed by atoms with Gasteiger partial charge in [0.25, 0.3) is 5.56 Å². The van der Waals surface area contributed by atoms with Gasteiger partial charge < -0.3 is 0 Å². The van der Waals surface area contributed by atoms with Gasteiger partial charge in [-0.2, -0.15) is 5.10 Å². The van der Waals surface area contributed by atoms with Crippen molar-refractivity contribution < 1.29 is 4.79 Å². The lowest BCUT2D eigenvalue weighted by Gasteiger charge is -1.97. The van der Waals surface area contributed by atoms with Crippen molar-refractivity contribution in [2.45, 2.75) is 20.8 Å². The second-order valence-corrected chi connectivity index (χ2v) is 3.34. The Morgan fingerprint density at radius 2 is 2.07 bits per heavy atom. The number of hydrogen-bond acceptors (Lipinski definition) is 3. The Bertz CT molecular complexity index is 467. The maximum absolute atomic E-state index is 11.6. The lowest BCUT2D eigenvalue weighted by Crippen LogP contribution is -2.21. The van der Waals surface area contributed by atoms with E-state index < -0.39 is 0 Å². The molecule has 0 aliphatic rings. The monoisotopic (exact) mass is 210 g/mol. The van der Waals surface area contributed by atoms with Crippen LogP contribution in [0.1, 0.15) is 25.1 Å². The molecule has 6 nitrogen and oxygen atoms in total. The van der Waals surface area contributed by atoms with Gasteiger partial charge in [-0.05, 0) is 13.8 Å². The highest BCUT2D eigenvalue weighted by molar-refractivity contribution is 5.99. The molecular weight excluding hydrogens is 196 g/mol. The average molecular weight is 210 g/mol. The van der Waals surface area contributed by atoms with Crippen molar-refractivity contribution in [3.8, 4) is 0 Å². The predicted octanol–water partition coefficient (Wildman–Crippen LogP) is -0.118. The number of amides is 1. The van der Waals surface area contributed by atoms with Gasteiger partial charge >= 0.3 is 0 Å². The first kappa shape index (κ1) is 11.2. The van der Waals surface area contributed by atoms with E-state index in [-0.39, 0.29) is 11.5 Å². The highest BCUT2D eigenvalue weighted by Gasteiger charge is 2.11. The maximum atomic E-state index is 11.6. The molecule has 0 atom stereocenters. The molecule has 1 rings (SSSR count). The predicted molar refractivity (Wildman–Crippen MR) is 56.8 cm³/mol. The molecule has 1 amide bonds. The zero-order valence-corrected chi connectivity index (χ0v) is 9.21. The van der Waals surface area contributed by atoms with E-state index in [1.54, 1.807) is 20.9 Å². The number of nitrogens with zero attached hydrogens (tertiary/aromatic N) is 2. The summed E-state index contributed by atoms with van der Waals surface area (Å²) >= 11 is 0. The van der Waals surface area contributed by atoms with E-state index >= 15 is 0 Å². The number of rotatable bonds is 2. The van der Waals surface area contributed by atoms with Crippen LogP contribution in [0, 0.1) is 6.92 Å². The number of aromatic nitrogens is 2. The summed E-state index contributed by atoms with van der Waals surface area (Å²) in [6.45, 7) is 4.82. The number of H-pyrrole nitrogens is 1. The molecule has 1 aromatic rings. The summed E-state index contributed by atoms with van der Waals surface area (Å²) in [6.07, 6.45) is 0. The van der Waals surface area contributed by atoms with Crippen molar-refractivity contribution in [2.75, 3.05) is 0 Å². The fourth-order valence-corrected chi connectivity index (χ4v) is 1.33. The van der Waals surface area contributed by atoms with Crippen LogP contribution >= 0.6 is 0 Å². The standard InChI is InChI=1S/C9H14N4O2/c1-5(10-11-7(3)14)8-6(2)12-13(4)9(8)15/h12H,1-4H3,(H,11,14). The first-order valence-corrected chi connectivity index (χ1v) is 4.50. The first-order valence-electron chi connectivity index (χ1n) is 4.50. The van der Waals surface area contributed by atoms with Crippen LogP contribution in [0.4, 0.5) is 0 Å². The summed E-state index contributed by atoms with van der Waals surface area (Å²) in [6, 6.07) is 0. The normalized spacial score (nSPS) is 11.6. The highest BCUT2D eigenvalue weighted by Crippen LogP contribution is 1.99. The number of aromatic amines is 1. The minimum absolute atomic E-state index is 0.154. The first-order chi connectivity index (χ1) is 6.93. The summed E-state index contributed by atoms with van der Waals surface area (Å²) in [5, 5.41) is 6.67. The number of carbonyl (C=O) groups excluding carboxylic acids is 1. The van der Waals surface area contributed by atoms with Crippen molar-refractivity contribution in [2.24, 2.45) is 12.1 Å². The molecule has 0 unspecified atom stereocenters. The molecule has 0 aliphatic heterocycles. The largest absolute Gasteiger partial charge is 0.300 e. The molecule has 0 saturated heterocycles. The summed E-state index contributed by atoms with van der Waals surface area (Å²) in [5.41, 5.74) is 3.85. The van der Waals surface area contributed by atoms with E-state index in [2.05, 4.69) is 15.6 Å². The number of hydrogen-bond donors (Lipinski definition) is 2. The fourth-order valence-electron chi connectivity index (χ4n) is 1.33. The molecule has 15 heavy (non-hydrogen) atoms. The lowest BCUT2D eigenvalue weighted by molar-refractivity contribution is -0.118. The zero-order valence-electron chi connectivity index (χ0n) is 9.21. The van der Waals surface area contributed by atoms with Gasteiger partial charge in [-0.1, -0.05) is 0 Å². The van der Waals surface area contributed by atoms with Gasteiger partial charge in [-0.15, -0.1) is 0 Å². The molecule has 2 N–H and O–H groups in total. The van der Waals surface area contributed by atoms with Gasteiger partial charge in [-0.3, -0.25) is 19.4 Å². The Morgan fingerprint density at radius 3 is 2.47 bits per heavy atom. The Balaban J connectivity index is 3.11. The molecule has 1 aromatic heterocycles. The molecular formula is C9H14N4O2. The van der Waals surface area contributed by atoms with Crippen molar-refractivity contribution in [3.05, 3.63) is 21.6 Å². The van der Waals surface area contributed by atoms with E-state index in [1.165, 1.54) is 11.6 Å². The second kappa shape index (κ2) is 4.12. The quantitative estimate of drug-likeness (QED) is 0.527. The van der Waals surface area contributed by atoms with E-state index in [0.717, 1.165) is 5.69 Å². The number of aryl methyl sites for hydroxylation is 2. The highest BCUT2D eigenvalue weighted by atomic mass is 16.2. The zero-order chi connectivity index (χ0) is 11.6. The van der Waals surface area contributed by atoms with Crippen molar-refractivity contribution >= 4 is 11.6 Å². The summed E-state index contributed by atoms with van der Waals surface area (Å²) in [5.74, 6) is -0.264. The Hall–Kier alpha value is -1.85. The molecule has 82 valence electrons. The molecule has 0 aliphatic carbocycles. The Labute approximate surface area is 87.0 Å². The Kier molecular flexibility index (Phi) is 3.08. The SMILES string of the molecule is CC(=O)NN=C(C)c1c(C)[nH]n(C)c1=O. The van der Waals surface area contributed by atoms with Crippen LogP contribution in [-0.4, -0.2) is 21.4 Å². The fraction of sp³-hybridized carbons (Fsp3) is 0.444. The minimum Gasteiger partial charge on any atom is -0.300 e. The average Bonchev–Trinajstić information content (AvgIpc) is 2.37. The van der Waals surface area contributed by atoms with Gasteiger partial charge in [0.15, 0.2) is 0 Å². The molecule has 0 spiro atoms. The van der Waals surface area contributed by atoms with Crippen LogP contribution in [0.2, 0.25) is 0 Å². The van der Waals surface area contributed by atoms with E-state index in [0.29, 0.717) is 11.3 Å². The summed E-state index contributed by atoms with van der Waals surface area (Å²) in [4.78, 5) is 22.3. The molecule has 0 bridgehead atoms. The minimum atomic E-state index is -0.264. The third-order valence-corrected chi connectivity index (χ3v) is 1.97. The topological polar surface area (TPSA) is 79.2 Å². The molecule has 0 saturated carbocycles. The molecule has 0 aromatic carbocycles. The lowest BCUT2D eigenvalue weighted by atomic mass is 10.2. The molecule has 0 radical (unpaired) electrons. The van der Waals surface area contributed by atoms with E-state index in [4.69, 9.17) is 0 Å². The third-order valence-electron chi connectivity index (χ3n) is 1.97. The van der Waals surface area contributed by atoms with Gasteiger partial charge in [-0.25, -0.2) is 5.43 Å². The summed E-state index contributed by atoms with van der Waals surface area (Å²) < 4.78 is 1.37. The number of hydrazone groups is 1. The van der Waals surface area contributed by atoms with Gasteiger partial charge in [0.05, 0.1) is 11.3 Å². The van der Waals surface area contributed by atoms with Crippen LogP contribution in [0.15, 0.2) is 9.90 Å².